The second kappa shape index (κ2) is 9.47. The molecule has 2 aliphatic heterocycles. The van der Waals surface area contributed by atoms with Crippen molar-refractivity contribution in [2.45, 2.75) is 0 Å². The van der Waals surface area contributed by atoms with Gasteiger partial charge in [0.1, 0.15) is 23.0 Å². The molecule has 0 N–H and O–H groups in total. The summed E-state index contributed by atoms with van der Waals surface area (Å²) in [4.78, 5) is 56.5. The van der Waals surface area contributed by atoms with Crippen LogP contribution >= 0.6 is 0 Å². The molecule has 0 saturated heterocycles. The summed E-state index contributed by atoms with van der Waals surface area (Å²) in [7, 11) is 0. The number of hydrogen-bond donors (Lipinski definition) is 0. The SMILES string of the molecule is [O]=[V+2].c1cnc2c(c1)-c1nc-2nc2[n-]c(nc3nc(nc4[n-]c(n1)c1ncccc41)-c1ncccc1-3)c1ncccc21. The van der Waals surface area contributed by atoms with E-state index in [-0.39, 0.29) is 0 Å². The van der Waals surface area contributed by atoms with Gasteiger partial charge in [0, 0.05) is 69.3 Å². The third kappa shape index (κ3) is 3.65. The molecular formula is C28H12N12OV. The Morgan fingerprint density at radius 1 is 0.452 bits per heavy atom. The van der Waals surface area contributed by atoms with Crippen LogP contribution in [0.1, 0.15) is 0 Å². The molecule has 9 rings (SSSR count). The summed E-state index contributed by atoms with van der Waals surface area (Å²) >= 11 is 1.06. The first kappa shape index (κ1) is 24.2. The van der Waals surface area contributed by atoms with E-state index in [0.29, 0.717) is 68.3 Å². The molecular weight excluding hydrogens is 571 g/mol. The van der Waals surface area contributed by atoms with E-state index in [1.165, 1.54) is 0 Å². The Morgan fingerprint density at radius 3 is 1.33 bits per heavy atom. The van der Waals surface area contributed by atoms with Crippen LogP contribution in [0.5, 0.6) is 0 Å². The van der Waals surface area contributed by atoms with Crippen LogP contribution in [0.15, 0.2) is 73.3 Å². The third-order valence-corrected chi connectivity index (χ3v) is 6.74. The predicted molar refractivity (Wildman–Crippen MR) is 146 cm³/mol. The van der Waals surface area contributed by atoms with E-state index in [2.05, 4.69) is 19.9 Å². The molecule has 42 heavy (non-hydrogen) atoms. The van der Waals surface area contributed by atoms with Crippen molar-refractivity contribution in [1.82, 2.24) is 59.8 Å². The van der Waals surface area contributed by atoms with Gasteiger partial charge >= 0.3 is 21.0 Å². The first-order valence-electron chi connectivity index (χ1n) is 12.5. The zero-order valence-corrected chi connectivity index (χ0v) is 22.5. The fourth-order valence-electron chi connectivity index (χ4n) is 4.96. The molecule has 0 fully saturated rings. The number of rotatable bonds is 0. The van der Waals surface area contributed by atoms with E-state index in [1.54, 1.807) is 24.8 Å². The Balaban J connectivity index is 0.00000131. The van der Waals surface area contributed by atoms with Gasteiger partial charge in [-0.2, -0.15) is 0 Å². The monoisotopic (exact) mass is 583 g/mol. The van der Waals surface area contributed by atoms with E-state index in [0.717, 1.165) is 39.3 Å². The molecule has 195 valence electrons. The van der Waals surface area contributed by atoms with Crippen molar-refractivity contribution in [1.29, 1.82) is 0 Å². The summed E-state index contributed by atoms with van der Waals surface area (Å²) in [6, 6.07) is 14.9. The van der Waals surface area contributed by atoms with E-state index >= 15 is 0 Å². The van der Waals surface area contributed by atoms with Crippen LogP contribution in [0.3, 0.4) is 0 Å². The Hall–Kier alpha value is -5.66. The van der Waals surface area contributed by atoms with Gasteiger partial charge in [-0.05, 0) is 36.4 Å². The predicted octanol–water partition coefficient (Wildman–Crippen LogP) is 3.59. The maximum Gasteiger partial charge on any atom is 0.111 e. The summed E-state index contributed by atoms with van der Waals surface area (Å²) in [5.74, 6) is 1.61. The average Bonchev–Trinajstić information content (AvgIpc) is 3.78. The fraction of sp³-hybridized carbons (Fsp3) is 0. The Morgan fingerprint density at radius 2 is 0.857 bits per heavy atom. The molecule has 0 saturated carbocycles. The van der Waals surface area contributed by atoms with Crippen molar-refractivity contribution in [3.63, 3.8) is 0 Å². The summed E-state index contributed by atoms with van der Waals surface area (Å²) in [6.07, 6.45) is 6.78. The van der Waals surface area contributed by atoms with Crippen LogP contribution in [-0.2, 0) is 21.0 Å². The van der Waals surface area contributed by atoms with Crippen LogP contribution in [0.4, 0.5) is 0 Å². The molecule has 7 aromatic heterocycles. The zero-order valence-electron chi connectivity index (χ0n) is 21.2. The number of aromatic nitrogens is 12. The van der Waals surface area contributed by atoms with Crippen molar-refractivity contribution >= 4 is 44.4 Å². The number of nitrogens with zero attached hydrogens (tertiary/aromatic N) is 12. The van der Waals surface area contributed by atoms with E-state index < -0.39 is 0 Å². The minimum absolute atomic E-state index is 0.383. The van der Waals surface area contributed by atoms with Gasteiger partial charge in [-0.15, -0.1) is 0 Å². The van der Waals surface area contributed by atoms with Gasteiger partial charge < -0.3 is 29.9 Å². The smallest absolute Gasteiger partial charge is 0.111 e. The molecule has 7 aromatic rings. The zero-order chi connectivity index (χ0) is 28.2. The molecule has 0 radical (unpaired) electrons. The van der Waals surface area contributed by atoms with Gasteiger partial charge in [-0.25, -0.2) is 9.97 Å². The molecule has 0 atom stereocenters. The molecule has 8 bridgehead atoms. The molecule has 0 aromatic carbocycles. The topological polar surface area (TPSA) is 174 Å². The minimum atomic E-state index is 0.383. The standard InChI is InChI=1S/C28H12N12.O.V/c1-5-13-17(29-9-1)25-33-21(13)37-26-18-14(6-2-10-30-18)23(34-26)39-28-20-16(8-4-12-32-20)24(36-28)40-27-19-15(7-3-11-31-19)22(35-27)38-25;;/h1-12H;;/q-2;;+2. The fourth-order valence-corrected chi connectivity index (χ4v) is 4.96. The number of pyridine rings is 4. The Labute approximate surface area is 243 Å². The summed E-state index contributed by atoms with van der Waals surface area (Å²) < 4.78 is 8.19. The summed E-state index contributed by atoms with van der Waals surface area (Å²) in [5.41, 5.74) is 5.44. The summed E-state index contributed by atoms with van der Waals surface area (Å²) in [5, 5.41) is 1.46. The van der Waals surface area contributed by atoms with Gasteiger partial charge in [0.2, 0.25) is 0 Å². The number of hydrogen-bond acceptors (Lipinski definition) is 11. The molecule has 9 heterocycles. The largest absolute Gasteiger partial charge is 0.356 e. The molecule has 13 nitrogen and oxygen atoms in total. The van der Waals surface area contributed by atoms with Crippen molar-refractivity contribution in [3.8, 4) is 45.8 Å². The van der Waals surface area contributed by atoms with Crippen molar-refractivity contribution in [2.75, 3.05) is 0 Å². The van der Waals surface area contributed by atoms with Crippen LogP contribution in [0.25, 0.3) is 90.2 Å². The van der Waals surface area contributed by atoms with E-state index in [4.69, 9.17) is 43.5 Å². The summed E-state index contributed by atoms with van der Waals surface area (Å²) in [6.45, 7) is 0. The van der Waals surface area contributed by atoms with Gasteiger partial charge in [0.15, 0.2) is 0 Å². The second-order valence-electron chi connectivity index (χ2n) is 9.08. The maximum atomic E-state index is 8.19. The molecule has 0 unspecified atom stereocenters. The van der Waals surface area contributed by atoms with Gasteiger partial charge in [-0.3, -0.25) is 19.9 Å². The van der Waals surface area contributed by atoms with Crippen molar-refractivity contribution < 1.29 is 21.0 Å². The van der Waals surface area contributed by atoms with Crippen LogP contribution in [-0.4, -0.2) is 49.8 Å². The van der Waals surface area contributed by atoms with E-state index in [9.17, 15) is 0 Å². The van der Waals surface area contributed by atoms with Crippen LogP contribution in [0, 0.1) is 0 Å². The van der Waals surface area contributed by atoms with Gasteiger partial charge in [0.25, 0.3) is 0 Å². The Kier molecular flexibility index (Phi) is 5.45. The molecule has 0 amide bonds. The third-order valence-electron chi connectivity index (χ3n) is 6.74. The molecule has 0 aliphatic carbocycles. The maximum absolute atomic E-state index is 8.19. The van der Waals surface area contributed by atoms with Crippen molar-refractivity contribution in [2.24, 2.45) is 0 Å². The van der Waals surface area contributed by atoms with Crippen LogP contribution < -0.4 is 9.97 Å². The van der Waals surface area contributed by atoms with Gasteiger partial charge in [-0.1, -0.05) is 12.1 Å². The quantitative estimate of drug-likeness (QED) is 0.254. The van der Waals surface area contributed by atoms with Crippen molar-refractivity contribution in [3.05, 3.63) is 73.3 Å². The average molecular weight is 583 g/mol. The van der Waals surface area contributed by atoms with Gasteiger partial charge in [0.05, 0.1) is 22.7 Å². The number of fused-ring (bicyclic) bond motifs is 20. The molecule has 14 heteroatoms. The van der Waals surface area contributed by atoms with Crippen LogP contribution in [0.2, 0.25) is 0 Å². The Bertz CT molecular complexity index is 2060. The first-order valence-corrected chi connectivity index (χ1v) is 13.1. The first-order chi connectivity index (χ1) is 20.8. The van der Waals surface area contributed by atoms with E-state index in [1.807, 2.05) is 48.5 Å². The second-order valence-corrected chi connectivity index (χ2v) is 9.08. The minimum Gasteiger partial charge on any atom is -0.356 e. The molecule has 0 spiro atoms. The normalized spacial score (nSPS) is 11.6. The molecule has 2 aliphatic rings.